The highest BCUT2D eigenvalue weighted by Crippen LogP contribution is 2.49. The fourth-order valence-corrected chi connectivity index (χ4v) is 7.64. The number of para-hydroxylation sites is 1. The standard InChI is InChI=1S/C49H37N/c1-49(2)46-21-10-9-17-43(46)44-32-29-38(33-47(44)49)36-23-25-37(26-24-36)41-18-11-20-45-42(41)19-12-22-48(45)50(39-15-7-4-8-16-39)40-30-27-35(28-31-40)34-13-5-3-6-14-34/h3-33H,1-2H3/i3D,5D,6D,13D,14D. The number of fused-ring (bicyclic) bond motifs is 4. The van der Waals surface area contributed by atoms with Crippen LogP contribution in [0.25, 0.3) is 55.3 Å². The first kappa shape index (κ1) is 24.9. The lowest BCUT2D eigenvalue weighted by Crippen LogP contribution is -2.14. The Morgan fingerprint density at radius 3 is 1.80 bits per heavy atom. The molecule has 1 aliphatic rings. The van der Waals surface area contributed by atoms with Gasteiger partial charge in [0.25, 0.3) is 0 Å². The minimum atomic E-state index is -0.397. The molecule has 0 radical (unpaired) electrons. The maximum atomic E-state index is 8.50. The van der Waals surface area contributed by atoms with Crippen molar-refractivity contribution in [1.29, 1.82) is 0 Å². The lowest BCUT2D eigenvalue weighted by atomic mass is 9.81. The van der Waals surface area contributed by atoms with E-state index in [4.69, 9.17) is 6.85 Å². The first-order valence-corrected chi connectivity index (χ1v) is 17.0. The highest BCUT2D eigenvalue weighted by atomic mass is 15.1. The summed E-state index contributed by atoms with van der Waals surface area (Å²) in [6.07, 6.45) is 0. The molecule has 9 rings (SSSR count). The van der Waals surface area contributed by atoms with E-state index in [1.165, 1.54) is 33.4 Å². The van der Waals surface area contributed by atoms with Gasteiger partial charge in [0.15, 0.2) is 0 Å². The van der Waals surface area contributed by atoms with Gasteiger partial charge >= 0.3 is 0 Å². The van der Waals surface area contributed by atoms with Gasteiger partial charge in [-0.1, -0.05) is 165 Å². The molecule has 0 aromatic heterocycles. The van der Waals surface area contributed by atoms with Crippen LogP contribution in [-0.2, 0) is 5.41 Å². The summed E-state index contributed by atoms with van der Waals surface area (Å²) in [6.45, 7) is 4.63. The van der Waals surface area contributed by atoms with Crippen molar-refractivity contribution in [2.24, 2.45) is 0 Å². The molecule has 0 atom stereocenters. The van der Waals surface area contributed by atoms with Crippen LogP contribution < -0.4 is 4.90 Å². The molecule has 0 spiro atoms. The second-order valence-corrected chi connectivity index (χ2v) is 13.4. The van der Waals surface area contributed by atoms with E-state index < -0.39 is 6.04 Å². The first-order valence-electron chi connectivity index (χ1n) is 19.5. The van der Waals surface area contributed by atoms with Crippen LogP contribution in [-0.4, -0.2) is 0 Å². The molecular weight excluding hydrogens is 603 g/mol. The van der Waals surface area contributed by atoms with Crippen LogP contribution in [0.1, 0.15) is 31.8 Å². The summed E-state index contributed by atoms with van der Waals surface area (Å²) >= 11 is 0. The topological polar surface area (TPSA) is 3.24 Å². The molecule has 0 fully saturated rings. The molecule has 0 saturated heterocycles. The van der Waals surface area contributed by atoms with Crippen molar-refractivity contribution in [2.75, 3.05) is 4.90 Å². The Morgan fingerprint density at radius 2 is 1.00 bits per heavy atom. The van der Waals surface area contributed by atoms with Crippen molar-refractivity contribution in [3.05, 3.63) is 199 Å². The largest absolute Gasteiger partial charge is 0.310 e. The number of nitrogens with zero attached hydrogens (tertiary/aromatic N) is 1. The zero-order valence-corrected chi connectivity index (χ0v) is 28.0. The van der Waals surface area contributed by atoms with Gasteiger partial charge in [-0.2, -0.15) is 0 Å². The monoisotopic (exact) mass is 644 g/mol. The van der Waals surface area contributed by atoms with Gasteiger partial charge in [-0.15, -0.1) is 0 Å². The lowest BCUT2D eigenvalue weighted by Gasteiger charge is -2.27. The minimum absolute atomic E-state index is 0.0530. The zero-order valence-electron chi connectivity index (χ0n) is 33.0. The minimum Gasteiger partial charge on any atom is -0.310 e. The van der Waals surface area contributed by atoms with Crippen molar-refractivity contribution >= 4 is 27.8 Å². The maximum absolute atomic E-state index is 8.50. The van der Waals surface area contributed by atoms with Crippen molar-refractivity contribution in [3.63, 3.8) is 0 Å². The zero-order chi connectivity index (χ0) is 38.0. The van der Waals surface area contributed by atoms with E-state index in [1.807, 2.05) is 42.5 Å². The van der Waals surface area contributed by atoms with E-state index in [0.717, 1.165) is 39.0 Å². The number of rotatable bonds is 6. The summed E-state index contributed by atoms with van der Waals surface area (Å²) in [5, 5.41) is 2.21. The predicted molar refractivity (Wildman–Crippen MR) is 213 cm³/mol. The molecule has 8 aromatic rings. The number of hydrogen-bond donors (Lipinski definition) is 0. The Hall–Kier alpha value is -6.18. The fraction of sp³-hybridized carbons (Fsp3) is 0.0612. The molecule has 0 bridgehead atoms. The Balaban J connectivity index is 1.09. The number of hydrogen-bond acceptors (Lipinski definition) is 1. The van der Waals surface area contributed by atoms with E-state index in [0.29, 0.717) is 5.56 Å². The Kier molecular flexibility index (Phi) is 6.00. The molecule has 238 valence electrons. The van der Waals surface area contributed by atoms with Crippen molar-refractivity contribution in [2.45, 2.75) is 19.3 Å². The van der Waals surface area contributed by atoms with Gasteiger partial charge < -0.3 is 4.90 Å². The first-order chi connectivity index (χ1) is 26.6. The molecule has 0 amide bonds. The van der Waals surface area contributed by atoms with Gasteiger partial charge in [-0.05, 0) is 97.4 Å². The molecule has 1 aliphatic carbocycles. The van der Waals surface area contributed by atoms with E-state index in [9.17, 15) is 0 Å². The summed E-state index contributed by atoms with van der Waals surface area (Å²) < 4.78 is 41.3. The molecule has 0 unspecified atom stereocenters. The summed E-state index contributed by atoms with van der Waals surface area (Å²) in [6, 6.07) is 53.6. The van der Waals surface area contributed by atoms with Gasteiger partial charge in [0.1, 0.15) is 0 Å². The predicted octanol–water partition coefficient (Wildman–Crippen LogP) is 13.6. The summed E-state index contributed by atoms with van der Waals surface area (Å²) in [5.41, 5.74) is 13.6. The van der Waals surface area contributed by atoms with Crippen molar-refractivity contribution in [1.82, 2.24) is 0 Å². The van der Waals surface area contributed by atoms with E-state index in [-0.39, 0.29) is 35.1 Å². The second-order valence-electron chi connectivity index (χ2n) is 13.4. The maximum Gasteiger partial charge on any atom is 0.0629 e. The van der Waals surface area contributed by atoms with Crippen molar-refractivity contribution < 1.29 is 6.85 Å². The van der Waals surface area contributed by atoms with Crippen LogP contribution in [0.2, 0.25) is 0 Å². The van der Waals surface area contributed by atoms with Gasteiger partial charge in [-0.25, -0.2) is 0 Å². The average Bonchev–Trinajstić information content (AvgIpc) is 3.45. The summed E-state index contributed by atoms with van der Waals surface area (Å²) in [7, 11) is 0. The normalized spacial score (nSPS) is 14.2. The second kappa shape index (κ2) is 12.1. The third-order valence-electron chi connectivity index (χ3n) is 10.2. The SMILES string of the molecule is [2H]c1c([2H])c([2H])c(-c2ccc(N(c3ccccc3)c3cccc4c(-c5ccc(-c6ccc7c(c6)C(C)(C)c6ccccc6-7)cc5)cccc34)cc2)c([2H])c1[2H]. The van der Waals surface area contributed by atoms with Crippen molar-refractivity contribution in [3.8, 4) is 44.5 Å². The number of benzene rings is 8. The van der Waals surface area contributed by atoms with Gasteiger partial charge in [0, 0.05) is 22.2 Å². The van der Waals surface area contributed by atoms with E-state index in [1.54, 1.807) is 0 Å². The summed E-state index contributed by atoms with van der Waals surface area (Å²) in [5.74, 6) is 0. The fourth-order valence-electron chi connectivity index (χ4n) is 7.64. The van der Waals surface area contributed by atoms with Gasteiger partial charge in [-0.3, -0.25) is 0 Å². The molecule has 0 heterocycles. The van der Waals surface area contributed by atoms with Crippen LogP contribution in [0.15, 0.2) is 188 Å². The third kappa shape index (κ3) is 5.02. The quantitative estimate of drug-likeness (QED) is 0.174. The molecular formula is C49H37N. The Bertz CT molecular complexity index is 2740. The lowest BCUT2D eigenvalue weighted by molar-refractivity contribution is 0.660. The molecule has 1 nitrogen and oxygen atoms in total. The van der Waals surface area contributed by atoms with Crippen LogP contribution >= 0.6 is 0 Å². The van der Waals surface area contributed by atoms with Crippen LogP contribution in [0.3, 0.4) is 0 Å². The third-order valence-corrected chi connectivity index (χ3v) is 10.2. The molecule has 8 aromatic carbocycles. The molecule has 0 aliphatic heterocycles. The van der Waals surface area contributed by atoms with E-state index in [2.05, 4.69) is 134 Å². The highest BCUT2D eigenvalue weighted by Gasteiger charge is 2.35. The van der Waals surface area contributed by atoms with Gasteiger partial charge in [0.05, 0.1) is 12.5 Å². The molecule has 0 N–H and O–H groups in total. The molecule has 0 saturated carbocycles. The number of anilines is 3. The van der Waals surface area contributed by atoms with E-state index >= 15 is 0 Å². The average molecular weight is 645 g/mol. The van der Waals surface area contributed by atoms with Crippen LogP contribution in [0.4, 0.5) is 17.1 Å². The molecule has 1 heteroatoms. The van der Waals surface area contributed by atoms with Crippen LogP contribution in [0.5, 0.6) is 0 Å². The Labute approximate surface area is 301 Å². The highest BCUT2D eigenvalue weighted by molar-refractivity contribution is 6.05. The van der Waals surface area contributed by atoms with Crippen LogP contribution in [0, 0.1) is 0 Å². The molecule has 50 heavy (non-hydrogen) atoms. The smallest absolute Gasteiger partial charge is 0.0629 e. The summed E-state index contributed by atoms with van der Waals surface area (Å²) in [4.78, 5) is 2.20. The Morgan fingerprint density at radius 1 is 0.420 bits per heavy atom. The van der Waals surface area contributed by atoms with Gasteiger partial charge in [0.2, 0.25) is 0 Å².